The third-order valence-electron chi connectivity index (χ3n) is 4.17. The number of nitrogens with one attached hydrogen (secondary N) is 2. The molecule has 1 aromatic heterocycles. The number of hydrogen-bond acceptors (Lipinski definition) is 3. The van der Waals surface area contributed by atoms with E-state index in [0.29, 0.717) is 6.54 Å². The minimum Gasteiger partial charge on any atom is -0.356 e. The van der Waals surface area contributed by atoms with Crippen LogP contribution in [0.1, 0.15) is 51.3 Å². The Labute approximate surface area is 138 Å². The highest BCUT2D eigenvalue weighted by atomic mass is 16.2. The minimum absolute atomic E-state index is 0.0433. The SMILES string of the molecule is CCCCCNC(=NC)NCCCn1nc2n(c1=O)CCCC2. The molecule has 0 radical (unpaired) electrons. The third kappa shape index (κ3) is 5.11. The fourth-order valence-corrected chi connectivity index (χ4v) is 2.83. The molecule has 0 spiro atoms. The van der Waals surface area contributed by atoms with Crippen LogP contribution >= 0.6 is 0 Å². The number of guanidine groups is 1. The molecule has 0 bridgehead atoms. The molecule has 0 amide bonds. The summed E-state index contributed by atoms with van der Waals surface area (Å²) in [5, 5.41) is 11.0. The van der Waals surface area contributed by atoms with Gasteiger partial charge >= 0.3 is 5.69 Å². The highest BCUT2D eigenvalue weighted by molar-refractivity contribution is 5.79. The van der Waals surface area contributed by atoms with Crippen LogP contribution in [0, 0.1) is 0 Å². The van der Waals surface area contributed by atoms with Gasteiger partial charge in [-0.05, 0) is 25.7 Å². The van der Waals surface area contributed by atoms with Crippen molar-refractivity contribution < 1.29 is 0 Å². The number of aromatic nitrogens is 3. The maximum absolute atomic E-state index is 12.2. The maximum atomic E-state index is 12.2. The lowest BCUT2D eigenvalue weighted by molar-refractivity contribution is 0.509. The normalized spacial score (nSPS) is 14.6. The summed E-state index contributed by atoms with van der Waals surface area (Å²) >= 11 is 0. The Hall–Kier alpha value is -1.79. The second-order valence-electron chi connectivity index (χ2n) is 6.02. The molecule has 2 rings (SSSR count). The molecule has 0 saturated carbocycles. The van der Waals surface area contributed by atoms with Crippen LogP contribution in [0.3, 0.4) is 0 Å². The van der Waals surface area contributed by atoms with Gasteiger partial charge in [0.05, 0.1) is 0 Å². The number of hydrogen-bond donors (Lipinski definition) is 2. The van der Waals surface area contributed by atoms with Crippen molar-refractivity contribution in [2.45, 2.75) is 65.0 Å². The van der Waals surface area contributed by atoms with Gasteiger partial charge in [-0.2, -0.15) is 5.10 Å². The molecule has 2 heterocycles. The monoisotopic (exact) mass is 322 g/mol. The Morgan fingerprint density at radius 1 is 1.22 bits per heavy atom. The summed E-state index contributed by atoms with van der Waals surface area (Å²) in [5.41, 5.74) is 0.0433. The molecule has 1 aliphatic rings. The number of unbranched alkanes of at least 4 members (excludes halogenated alkanes) is 2. The summed E-state index contributed by atoms with van der Waals surface area (Å²) < 4.78 is 3.44. The van der Waals surface area contributed by atoms with Gasteiger partial charge in [-0.3, -0.25) is 9.56 Å². The van der Waals surface area contributed by atoms with Gasteiger partial charge in [-0.25, -0.2) is 9.48 Å². The van der Waals surface area contributed by atoms with E-state index in [-0.39, 0.29) is 5.69 Å². The van der Waals surface area contributed by atoms with Gasteiger partial charge < -0.3 is 10.6 Å². The smallest absolute Gasteiger partial charge is 0.345 e. The zero-order valence-electron chi connectivity index (χ0n) is 14.5. The molecule has 0 saturated heterocycles. The highest BCUT2D eigenvalue weighted by Crippen LogP contribution is 2.09. The van der Waals surface area contributed by atoms with Crippen LogP contribution in [0.2, 0.25) is 0 Å². The van der Waals surface area contributed by atoms with E-state index in [1.807, 2.05) is 4.57 Å². The molecule has 130 valence electrons. The van der Waals surface area contributed by atoms with E-state index >= 15 is 0 Å². The topological polar surface area (TPSA) is 76.2 Å². The molecule has 2 N–H and O–H groups in total. The highest BCUT2D eigenvalue weighted by Gasteiger charge is 2.16. The Bertz CT molecular complexity index is 559. The zero-order chi connectivity index (χ0) is 16.5. The van der Waals surface area contributed by atoms with Crippen molar-refractivity contribution in [1.29, 1.82) is 0 Å². The molecule has 1 aromatic rings. The molecule has 23 heavy (non-hydrogen) atoms. The molecule has 0 aliphatic carbocycles. The summed E-state index contributed by atoms with van der Waals surface area (Å²) in [4.78, 5) is 16.4. The average molecular weight is 322 g/mol. The summed E-state index contributed by atoms with van der Waals surface area (Å²) in [7, 11) is 1.78. The predicted molar refractivity (Wildman–Crippen MR) is 92.9 cm³/mol. The summed E-state index contributed by atoms with van der Waals surface area (Å²) in [6.45, 7) is 5.39. The van der Waals surface area contributed by atoms with Crippen LogP contribution in [-0.4, -0.2) is 40.4 Å². The summed E-state index contributed by atoms with van der Waals surface area (Å²) in [6, 6.07) is 0. The molecule has 0 aromatic carbocycles. The second-order valence-corrected chi connectivity index (χ2v) is 6.02. The van der Waals surface area contributed by atoms with E-state index in [9.17, 15) is 4.79 Å². The van der Waals surface area contributed by atoms with Crippen molar-refractivity contribution in [3.63, 3.8) is 0 Å². The summed E-state index contributed by atoms with van der Waals surface area (Å²) in [6.07, 6.45) is 7.61. The van der Waals surface area contributed by atoms with Gasteiger partial charge in [0.2, 0.25) is 0 Å². The molecule has 1 aliphatic heterocycles. The molecule has 0 unspecified atom stereocenters. The molecular weight excluding hydrogens is 292 g/mol. The number of fused-ring (bicyclic) bond motifs is 1. The minimum atomic E-state index is 0.0433. The lowest BCUT2D eigenvalue weighted by Gasteiger charge is -2.11. The predicted octanol–water partition coefficient (Wildman–Crippen LogP) is 1.13. The lowest BCUT2D eigenvalue weighted by Crippen LogP contribution is -2.38. The second kappa shape index (κ2) is 9.37. The standard InChI is InChI=1S/C16H30N6O/c1-3-4-6-10-18-15(17-2)19-11-8-13-22-16(23)21-12-7-5-9-14(21)20-22/h3-13H2,1-2H3,(H2,17,18,19). The van der Waals surface area contributed by atoms with Crippen LogP contribution in [0.4, 0.5) is 0 Å². The Morgan fingerprint density at radius 3 is 2.70 bits per heavy atom. The van der Waals surface area contributed by atoms with Crippen LogP contribution in [0.15, 0.2) is 9.79 Å². The third-order valence-corrected chi connectivity index (χ3v) is 4.17. The number of aliphatic imine (C=N–C) groups is 1. The van der Waals surface area contributed by atoms with Crippen molar-refractivity contribution in [1.82, 2.24) is 25.0 Å². The van der Waals surface area contributed by atoms with Crippen molar-refractivity contribution in [3.05, 3.63) is 16.3 Å². The van der Waals surface area contributed by atoms with Gasteiger partial charge in [-0.15, -0.1) is 0 Å². The molecule has 0 fully saturated rings. The number of rotatable bonds is 8. The van der Waals surface area contributed by atoms with E-state index in [1.165, 1.54) is 12.8 Å². The van der Waals surface area contributed by atoms with Gasteiger partial charge in [0, 0.05) is 39.6 Å². The first-order valence-corrected chi connectivity index (χ1v) is 8.87. The fourth-order valence-electron chi connectivity index (χ4n) is 2.83. The Kier molecular flexibility index (Phi) is 7.16. The van der Waals surface area contributed by atoms with Crippen molar-refractivity contribution in [2.24, 2.45) is 4.99 Å². The average Bonchev–Trinajstić information content (AvgIpc) is 2.90. The van der Waals surface area contributed by atoms with E-state index in [1.54, 1.807) is 11.7 Å². The first-order valence-electron chi connectivity index (χ1n) is 8.87. The Morgan fingerprint density at radius 2 is 2.00 bits per heavy atom. The van der Waals surface area contributed by atoms with E-state index < -0.39 is 0 Å². The van der Waals surface area contributed by atoms with Crippen molar-refractivity contribution >= 4 is 5.96 Å². The Balaban J connectivity index is 1.70. The van der Waals surface area contributed by atoms with Crippen molar-refractivity contribution in [3.8, 4) is 0 Å². The van der Waals surface area contributed by atoms with Gasteiger partial charge in [-0.1, -0.05) is 19.8 Å². The zero-order valence-corrected chi connectivity index (χ0v) is 14.5. The maximum Gasteiger partial charge on any atom is 0.345 e. The van der Waals surface area contributed by atoms with Crippen molar-refractivity contribution in [2.75, 3.05) is 20.1 Å². The largest absolute Gasteiger partial charge is 0.356 e. The first-order chi connectivity index (χ1) is 11.3. The van der Waals surface area contributed by atoms with E-state index in [0.717, 1.165) is 63.5 Å². The molecule has 7 nitrogen and oxygen atoms in total. The van der Waals surface area contributed by atoms with Crippen LogP contribution in [0.25, 0.3) is 0 Å². The van der Waals surface area contributed by atoms with Gasteiger partial charge in [0.15, 0.2) is 5.96 Å². The lowest BCUT2D eigenvalue weighted by atomic mass is 10.2. The molecule has 7 heteroatoms. The van der Waals surface area contributed by atoms with Crippen LogP contribution < -0.4 is 16.3 Å². The summed E-state index contributed by atoms with van der Waals surface area (Å²) in [5.74, 6) is 1.78. The number of nitrogens with zero attached hydrogens (tertiary/aromatic N) is 4. The number of aryl methyl sites for hydroxylation is 2. The van der Waals surface area contributed by atoms with Crippen LogP contribution in [-0.2, 0) is 19.5 Å². The van der Waals surface area contributed by atoms with Crippen LogP contribution in [0.5, 0.6) is 0 Å². The fraction of sp³-hybridized carbons (Fsp3) is 0.812. The molecule has 0 atom stereocenters. The van der Waals surface area contributed by atoms with E-state index in [2.05, 4.69) is 27.6 Å². The van der Waals surface area contributed by atoms with Gasteiger partial charge in [0.25, 0.3) is 0 Å². The quantitative estimate of drug-likeness (QED) is 0.427. The van der Waals surface area contributed by atoms with Gasteiger partial charge in [0.1, 0.15) is 5.82 Å². The first kappa shape index (κ1) is 17.6. The molecular formula is C16H30N6O. The van der Waals surface area contributed by atoms with E-state index in [4.69, 9.17) is 0 Å².